The average molecular weight is 160 g/mol. The van der Waals surface area contributed by atoms with E-state index >= 15 is 0 Å². The summed E-state index contributed by atoms with van der Waals surface area (Å²) >= 11 is 0. The molecule has 0 fully saturated rings. The van der Waals surface area contributed by atoms with Gasteiger partial charge < -0.3 is 0 Å². The lowest BCUT2D eigenvalue weighted by molar-refractivity contribution is 1.19. The van der Waals surface area contributed by atoms with Crippen LogP contribution < -0.4 is 0 Å². The third-order valence-corrected chi connectivity index (χ3v) is 1.80. The third kappa shape index (κ3) is 1.42. The van der Waals surface area contributed by atoms with E-state index in [1.807, 2.05) is 13.8 Å². The van der Waals surface area contributed by atoms with Crippen LogP contribution in [0.25, 0.3) is 5.70 Å². The molecule has 0 unspecified atom stereocenters. The van der Waals surface area contributed by atoms with Crippen molar-refractivity contribution in [3.05, 3.63) is 35.7 Å². The number of rotatable bonds is 2. The van der Waals surface area contributed by atoms with Crippen LogP contribution in [-0.2, 0) is 0 Å². The van der Waals surface area contributed by atoms with Crippen molar-refractivity contribution in [2.24, 2.45) is 4.99 Å². The molecule has 1 aromatic heterocycles. The van der Waals surface area contributed by atoms with Crippen molar-refractivity contribution in [2.45, 2.75) is 13.8 Å². The lowest BCUT2D eigenvalue weighted by Crippen LogP contribution is -1.91. The maximum atomic E-state index is 4.06. The maximum Gasteiger partial charge on any atom is 0.0629 e. The molecule has 1 rings (SSSR count). The first-order valence-corrected chi connectivity index (χ1v) is 3.74. The van der Waals surface area contributed by atoms with Gasteiger partial charge >= 0.3 is 0 Å². The van der Waals surface area contributed by atoms with Gasteiger partial charge in [-0.1, -0.05) is 6.58 Å². The molecule has 62 valence electrons. The summed E-state index contributed by atoms with van der Waals surface area (Å²) in [6.07, 6.45) is 3.61. The molecule has 0 spiro atoms. The molecule has 0 aliphatic rings. The van der Waals surface area contributed by atoms with Gasteiger partial charge in [-0.05, 0) is 31.7 Å². The predicted molar refractivity (Wildman–Crippen MR) is 52.3 cm³/mol. The second kappa shape index (κ2) is 3.30. The molecule has 2 heteroatoms. The molecule has 0 atom stereocenters. The third-order valence-electron chi connectivity index (χ3n) is 1.80. The summed E-state index contributed by atoms with van der Waals surface area (Å²) in [4.78, 5) is 7.87. The van der Waals surface area contributed by atoms with Gasteiger partial charge in [0.2, 0.25) is 0 Å². The van der Waals surface area contributed by atoms with Gasteiger partial charge in [0.05, 0.1) is 5.70 Å². The largest absolute Gasteiger partial charge is 0.265 e. The van der Waals surface area contributed by atoms with Crippen molar-refractivity contribution in [1.82, 2.24) is 4.98 Å². The van der Waals surface area contributed by atoms with Crippen molar-refractivity contribution in [3.63, 3.8) is 0 Å². The number of hydrogen-bond acceptors (Lipinski definition) is 2. The molecule has 1 heterocycles. The highest BCUT2D eigenvalue weighted by molar-refractivity contribution is 5.70. The zero-order valence-electron chi connectivity index (χ0n) is 7.46. The monoisotopic (exact) mass is 160 g/mol. The lowest BCUT2D eigenvalue weighted by atomic mass is 10.0. The van der Waals surface area contributed by atoms with Crippen molar-refractivity contribution in [2.75, 3.05) is 0 Å². The predicted octanol–water partition coefficient (Wildman–Crippen LogP) is 2.37. The van der Waals surface area contributed by atoms with Crippen molar-refractivity contribution in [1.29, 1.82) is 0 Å². The van der Waals surface area contributed by atoms with E-state index in [1.54, 1.807) is 12.4 Å². The number of aliphatic imine (C=N–C) groups is 1. The summed E-state index contributed by atoms with van der Waals surface area (Å²) in [6.45, 7) is 11.2. The minimum Gasteiger partial charge on any atom is -0.265 e. The maximum absolute atomic E-state index is 4.06. The fraction of sp³-hybridized carbons (Fsp3) is 0.200. The van der Waals surface area contributed by atoms with Crippen LogP contribution >= 0.6 is 0 Å². The van der Waals surface area contributed by atoms with E-state index < -0.39 is 0 Å². The lowest BCUT2D eigenvalue weighted by Gasteiger charge is -2.06. The molecule has 0 aliphatic heterocycles. The SMILES string of the molecule is C=NC(=C)c1c(C)cncc1C. The molecular weight excluding hydrogens is 148 g/mol. The van der Waals surface area contributed by atoms with Crippen molar-refractivity contribution in [3.8, 4) is 0 Å². The number of nitrogens with zero attached hydrogens (tertiary/aromatic N) is 2. The van der Waals surface area contributed by atoms with Gasteiger partial charge in [0.1, 0.15) is 0 Å². The first-order valence-electron chi connectivity index (χ1n) is 3.74. The van der Waals surface area contributed by atoms with Gasteiger partial charge in [-0.2, -0.15) is 0 Å². The second-order valence-electron chi connectivity index (χ2n) is 2.75. The smallest absolute Gasteiger partial charge is 0.0629 e. The molecule has 0 radical (unpaired) electrons. The molecule has 0 bridgehead atoms. The summed E-state index contributed by atoms with van der Waals surface area (Å²) in [5, 5.41) is 0. The van der Waals surface area contributed by atoms with Crippen LogP contribution in [0, 0.1) is 13.8 Å². The molecule has 0 aromatic carbocycles. The molecule has 0 amide bonds. The highest BCUT2D eigenvalue weighted by Gasteiger charge is 2.04. The Bertz CT molecular complexity index is 306. The second-order valence-corrected chi connectivity index (χ2v) is 2.75. The highest BCUT2D eigenvalue weighted by Crippen LogP contribution is 2.20. The Labute approximate surface area is 72.7 Å². The van der Waals surface area contributed by atoms with Crippen LogP contribution in [0.2, 0.25) is 0 Å². The standard InChI is InChI=1S/C10H12N2/c1-7-5-12-6-8(2)10(7)9(3)11-4/h5-6H,3-4H2,1-2H3. The molecule has 0 aliphatic carbocycles. The Morgan fingerprint density at radius 3 is 2.25 bits per heavy atom. The van der Waals surface area contributed by atoms with Gasteiger partial charge in [0.15, 0.2) is 0 Å². The van der Waals surface area contributed by atoms with E-state index in [1.165, 1.54) is 0 Å². The molecule has 2 nitrogen and oxygen atoms in total. The Morgan fingerprint density at radius 2 is 1.83 bits per heavy atom. The quantitative estimate of drug-likeness (QED) is 0.610. The Morgan fingerprint density at radius 1 is 1.33 bits per heavy atom. The number of pyridine rings is 1. The van der Waals surface area contributed by atoms with Crippen molar-refractivity contribution >= 4 is 12.4 Å². The van der Waals surface area contributed by atoms with Gasteiger partial charge in [-0.15, -0.1) is 0 Å². The fourth-order valence-electron chi connectivity index (χ4n) is 1.24. The molecule has 12 heavy (non-hydrogen) atoms. The molecular formula is C10H12N2. The van der Waals surface area contributed by atoms with Crippen LogP contribution in [0.15, 0.2) is 24.0 Å². The zero-order chi connectivity index (χ0) is 9.14. The molecule has 0 N–H and O–H groups in total. The number of hydrogen-bond donors (Lipinski definition) is 0. The van der Waals surface area contributed by atoms with Crippen LogP contribution in [0.3, 0.4) is 0 Å². The summed E-state index contributed by atoms with van der Waals surface area (Å²) in [7, 11) is 0. The topological polar surface area (TPSA) is 25.2 Å². The first-order chi connectivity index (χ1) is 5.66. The van der Waals surface area contributed by atoms with E-state index in [0.717, 1.165) is 16.7 Å². The van der Waals surface area contributed by atoms with Crippen LogP contribution in [0.1, 0.15) is 16.7 Å². The van der Waals surface area contributed by atoms with E-state index in [-0.39, 0.29) is 0 Å². The number of aromatic nitrogens is 1. The van der Waals surface area contributed by atoms with E-state index in [4.69, 9.17) is 0 Å². The normalized spacial score (nSPS) is 9.50. The molecule has 0 saturated heterocycles. The Hall–Kier alpha value is -1.44. The van der Waals surface area contributed by atoms with Crippen LogP contribution in [-0.4, -0.2) is 11.7 Å². The van der Waals surface area contributed by atoms with Gasteiger partial charge in [0.25, 0.3) is 0 Å². The summed E-state index contributed by atoms with van der Waals surface area (Å²) < 4.78 is 0. The Balaban J connectivity index is 3.30. The first kappa shape index (κ1) is 8.65. The van der Waals surface area contributed by atoms with Crippen molar-refractivity contribution < 1.29 is 0 Å². The average Bonchev–Trinajstić information content (AvgIpc) is 2.03. The highest BCUT2D eigenvalue weighted by atomic mass is 14.7. The van der Waals surface area contributed by atoms with E-state index in [0.29, 0.717) is 5.70 Å². The summed E-state index contributed by atoms with van der Waals surface area (Å²) in [6, 6.07) is 0. The van der Waals surface area contributed by atoms with Gasteiger partial charge in [0, 0.05) is 18.0 Å². The van der Waals surface area contributed by atoms with Crippen LogP contribution in [0.5, 0.6) is 0 Å². The minimum absolute atomic E-state index is 0.715. The summed E-state index contributed by atoms with van der Waals surface area (Å²) in [5.74, 6) is 0. The van der Waals surface area contributed by atoms with Gasteiger partial charge in [-0.25, -0.2) is 0 Å². The molecule has 1 aromatic rings. The van der Waals surface area contributed by atoms with Gasteiger partial charge in [-0.3, -0.25) is 9.98 Å². The number of aryl methyl sites for hydroxylation is 2. The fourth-order valence-corrected chi connectivity index (χ4v) is 1.24. The Kier molecular flexibility index (Phi) is 2.38. The summed E-state index contributed by atoms with van der Waals surface area (Å²) in [5.41, 5.74) is 3.95. The zero-order valence-corrected chi connectivity index (χ0v) is 7.46. The van der Waals surface area contributed by atoms with E-state index in [9.17, 15) is 0 Å². The minimum atomic E-state index is 0.715. The van der Waals surface area contributed by atoms with Crippen LogP contribution in [0.4, 0.5) is 0 Å². The van der Waals surface area contributed by atoms with E-state index in [2.05, 4.69) is 23.3 Å². The molecule has 0 saturated carbocycles.